The highest BCUT2D eigenvalue weighted by Gasteiger charge is 2.16. The molecule has 10 heteroatoms. The molecular formula is C15H15N3O6S. The molecule has 0 amide bonds. The van der Waals surface area contributed by atoms with E-state index in [1.165, 1.54) is 19.2 Å². The van der Waals surface area contributed by atoms with Crippen LogP contribution in [0, 0.1) is 17.0 Å². The number of hydrogen-bond donors (Lipinski definition) is 2. The molecular weight excluding hydrogens is 350 g/mol. The smallest absolute Gasteiger partial charge is 0.276 e. The van der Waals surface area contributed by atoms with Gasteiger partial charge in [0.25, 0.3) is 15.7 Å². The highest BCUT2D eigenvalue weighted by atomic mass is 32.2. The molecule has 0 aliphatic carbocycles. The number of aryl methyl sites for hydroxylation is 1. The Morgan fingerprint density at radius 3 is 2.48 bits per heavy atom. The van der Waals surface area contributed by atoms with Crippen molar-refractivity contribution in [1.29, 1.82) is 0 Å². The van der Waals surface area contributed by atoms with Crippen LogP contribution in [0.15, 0.2) is 46.4 Å². The maximum Gasteiger partial charge on any atom is 0.276 e. The summed E-state index contributed by atoms with van der Waals surface area (Å²) in [6, 6.07) is 8.19. The Labute approximate surface area is 143 Å². The number of ether oxygens (including phenoxy) is 1. The third-order valence-corrected chi connectivity index (χ3v) is 4.47. The average Bonchev–Trinajstić information content (AvgIpc) is 2.56. The number of sulfonamides is 1. The Bertz CT molecular complexity index is 923. The van der Waals surface area contributed by atoms with Crippen LogP contribution in [0.3, 0.4) is 0 Å². The van der Waals surface area contributed by atoms with Crippen molar-refractivity contribution in [3.63, 3.8) is 0 Å². The zero-order chi connectivity index (χ0) is 18.6. The lowest BCUT2D eigenvalue weighted by atomic mass is 10.2. The zero-order valence-electron chi connectivity index (χ0n) is 13.3. The van der Waals surface area contributed by atoms with Gasteiger partial charge in [-0.1, -0.05) is 17.7 Å². The van der Waals surface area contributed by atoms with Crippen LogP contribution in [-0.4, -0.2) is 31.8 Å². The number of non-ortho nitro benzene ring substituents is 1. The van der Waals surface area contributed by atoms with Crippen molar-refractivity contribution < 1.29 is 23.2 Å². The lowest BCUT2D eigenvalue weighted by molar-refractivity contribution is -0.385. The maximum absolute atomic E-state index is 12.1. The molecule has 0 saturated carbocycles. The number of aromatic hydroxyl groups is 1. The molecule has 0 bridgehead atoms. The summed E-state index contributed by atoms with van der Waals surface area (Å²) in [5.41, 5.74) is 0.492. The zero-order valence-corrected chi connectivity index (χ0v) is 14.1. The van der Waals surface area contributed by atoms with Crippen molar-refractivity contribution in [2.75, 3.05) is 7.11 Å². The third-order valence-electron chi connectivity index (χ3n) is 3.23. The van der Waals surface area contributed by atoms with Crippen molar-refractivity contribution in [3.05, 3.63) is 57.6 Å². The molecule has 2 N–H and O–H groups in total. The molecule has 0 fully saturated rings. The fourth-order valence-electron chi connectivity index (χ4n) is 1.91. The van der Waals surface area contributed by atoms with Crippen molar-refractivity contribution >= 4 is 21.9 Å². The van der Waals surface area contributed by atoms with Gasteiger partial charge >= 0.3 is 0 Å². The molecule has 0 aromatic heterocycles. The molecule has 0 heterocycles. The molecule has 0 aliphatic rings. The van der Waals surface area contributed by atoms with E-state index < -0.39 is 20.7 Å². The summed E-state index contributed by atoms with van der Waals surface area (Å²) in [5, 5.41) is 24.4. The Morgan fingerprint density at radius 2 is 1.92 bits per heavy atom. The standard InChI is InChI=1S/C15H15N3O6S/c1-10-3-5-13(6-4-10)25(22,23)17-16-9-11-7-12(18(20)21)8-14(24-2)15(11)19/h3-9,17,19H,1-2H3/b16-9+. The molecule has 0 radical (unpaired) electrons. The predicted octanol–water partition coefficient (Wildman–Crippen LogP) is 1.93. The fraction of sp³-hybridized carbons (Fsp3) is 0.133. The molecule has 2 rings (SSSR count). The lowest BCUT2D eigenvalue weighted by Crippen LogP contribution is -2.18. The van der Waals surface area contributed by atoms with Crippen molar-refractivity contribution in [2.24, 2.45) is 5.10 Å². The first-order valence-corrected chi connectivity index (χ1v) is 8.40. The van der Waals surface area contributed by atoms with Crippen LogP contribution in [0.1, 0.15) is 11.1 Å². The molecule has 0 spiro atoms. The molecule has 0 saturated heterocycles. The van der Waals surface area contributed by atoms with Crippen LogP contribution in [-0.2, 0) is 10.0 Å². The summed E-state index contributed by atoms with van der Waals surface area (Å²) >= 11 is 0. The number of methoxy groups -OCH3 is 1. The van der Waals surface area contributed by atoms with Crippen molar-refractivity contribution in [3.8, 4) is 11.5 Å². The van der Waals surface area contributed by atoms with Gasteiger partial charge in [0.2, 0.25) is 0 Å². The van der Waals surface area contributed by atoms with Gasteiger partial charge in [-0.3, -0.25) is 10.1 Å². The molecule has 0 atom stereocenters. The van der Waals surface area contributed by atoms with Gasteiger partial charge in [-0.2, -0.15) is 13.5 Å². The van der Waals surface area contributed by atoms with Crippen LogP contribution in [0.5, 0.6) is 11.5 Å². The summed E-state index contributed by atoms with van der Waals surface area (Å²) in [7, 11) is -2.66. The minimum atomic E-state index is -3.90. The Hall–Kier alpha value is -3.14. The fourth-order valence-corrected chi connectivity index (χ4v) is 2.70. The van der Waals surface area contributed by atoms with Gasteiger partial charge in [0.1, 0.15) is 0 Å². The second-order valence-electron chi connectivity index (χ2n) is 5.01. The van der Waals surface area contributed by atoms with Gasteiger partial charge in [-0.05, 0) is 19.1 Å². The number of nitro benzene ring substituents is 1. The van der Waals surface area contributed by atoms with E-state index in [0.29, 0.717) is 0 Å². The van der Waals surface area contributed by atoms with Crippen LogP contribution >= 0.6 is 0 Å². The van der Waals surface area contributed by atoms with E-state index >= 15 is 0 Å². The second-order valence-corrected chi connectivity index (χ2v) is 6.67. The topological polar surface area (TPSA) is 131 Å². The van der Waals surface area contributed by atoms with Crippen LogP contribution in [0.2, 0.25) is 0 Å². The average molecular weight is 365 g/mol. The van der Waals surface area contributed by atoms with E-state index in [0.717, 1.165) is 23.9 Å². The normalized spacial score (nSPS) is 11.4. The summed E-state index contributed by atoms with van der Waals surface area (Å²) in [6.07, 6.45) is 0.955. The maximum atomic E-state index is 12.1. The van der Waals surface area contributed by atoms with E-state index in [4.69, 9.17) is 4.74 Å². The number of rotatable bonds is 6. The predicted molar refractivity (Wildman–Crippen MR) is 90.4 cm³/mol. The quantitative estimate of drug-likeness (QED) is 0.457. The highest BCUT2D eigenvalue weighted by Crippen LogP contribution is 2.33. The minimum absolute atomic E-state index is 0.0103. The van der Waals surface area contributed by atoms with Crippen molar-refractivity contribution in [2.45, 2.75) is 11.8 Å². The Balaban J connectivity index is 2.28. The molecule has 2 aromatic rings. The first kappa shape index (κ1) is 18.2. The van der Waals surface area contributed by atoms with Gasteiger partial charge in [-0.25, -0.2) is 4.83 Å². The summed E-state index contributed by atoms with van der Waals surface area (Å²) in [4.78, 5) is 12.2. The third kappa shape index (κ3) is 4.23. The lowest BCUT2D eigenvalue weighted by Gasteiger charge is -2.06. The van der Waals surface area contributed by atoms with E-state index in [9.17, 15) is 23.6 Å². The minimum Gasteiger partial charge on any atom is -0.504 e. The molecule has 0 unspecified atom stereocenters. The van der Waals surface area contributed by atoms with E-state index in [-0.39, 0.29) is 21.9 Å². The number of phenolic OH excluding ortho intramolecular Hbond substituents is 1. The van der Waals surface area contributed by atoms with E-state index in [1.807, 2.05) is 11.8 Å². The molecule has 132 valence electrons. The number of nitrogens with one attached hydrogen (secondary N) is 1. The van der Waals surface area contributed by atoms with Crippen LogP contribution in [0.4, 0.5) is 5.69 Å². The summed E-state index contributed by atoms with van der Waals surface area (Å²) in [5.74, 6) is -0.525. The first-order chi connectivity index (χ1) is 11.7. The molecule has 9 nitrogen and oxygen atoms in total. The van der Waals surface area contributed by atoms with Gasteiger partial charge in [-0.15, -0.1) is 0 Å². The molecule has 25 heavy (non-hydrogen) atoms. The molecule has 2 aromatic carbocycles. The van der Waals surface area contributed by atoms with Gasteiger partial charge in [0.05, 0.1) is 29.2 Å². The number of hydrazone groups is 1. The summed E-state index contributed by atoms with van der Waals surface area (Å²) in [6.45, 7) is 1.82. The Kier molecular flexibility index (Phi) is 5.22. The number of phenols is 1. The monoisotopic (exact) mass is 365 g/mol. The van der Waals surface area contributed by atoms with Gasteiger partial charge in [0, 0.05) is 11.6 Å². The first-order valence-electron chi connectivity index (χ1n) is 6.91. The highest BCUT2D eigenvalue weighted by molar-refractivity contribution is 7.89. The SMILES string of the molecule is COc1cc([N+](=O)[O-])cc(/C=N/NS(=O)(=O)c2ccc(C)cc2)c1O. The number of benzene rings is 2. The number of nitrogens with zero attached hydrogens (tertiary/aromatic N) is 2. The largest absolute Gasteiger partial charge is 0.504 e. The van der Waals surface area contributed by atoms with Crippen LogP contribution in [0.25, 0.3) is 0 Å². The van der Waals surface area contributed by atoms with E-state index in [1.54, 1.807) is 12.1 Å². The Morgan fingerprint density at radius 1 is 1.28 bits per heavy atom. The summed E-state index contributed by atoms with van der Waals surface area (Å²) < 4.78 is 29.0. The van der Waals surface area contributed by atoms with E-state index in [2.05, 4.69) is 5.10 Å². The number of hydrogen-bond acceptors (Lipinski definition) is 7. The van der Waals surface area contributed by atoms with Crippen molar-refractivity contribution in [1.82, 2.24) is 4.83 Å². The van der Waals surface area contributed by atoms with Gasteiger partial charge < -0.3 is 9.84 Å². The second kappa shape index (κ2) is 7.18. The van der Waals surface area contributed by atoms with Crippen LogP contribution < -0.4 is 9.57 Å². The number of nitro groups is 1. The van der Waals surface area contributed by atoms with Gasteiger partial charge in [0.15, 0.2) is 11.5 Å². The molecule has 0 aliphatic heterocycles.